The number of nitrogens with zero attached hydrogens (tertiary/aromatic N) is 7. The van der Waals surface area contributed by atoms with Crippen molar-refractivity contribution in [2.24, 2.45) is 21.2 Å². The summed E-state index contributed by atoms with van der Waals surface area (Å²) < 4.78 is 40.3. The molecule has 0 atom stereocenters. The van der Waals surface area contributed by atoms with Crippen molar-refractivity contribution in [1.82, 2.24) is 15.2 Å². The number of amides is 2. The van der Waals surface area contributed by atoms with Crippen LogP contribution < -0.4 is 25.1 Å². The molecule has 3 heterocycles. The van der Waals surface area contributed by atoms with E-state index in [1.807, 2.05) is 0 Å². The van der Waals surface area contributed by atoms with Gasteiger partial charge in [0.2, 0.25) is 0 Å². The molecule has 0 bridgehead atoms. The molecule has 32 heavy (non-hydrogen) atoms. The van der Waals surface area contributed by atoms with Gasteiger partial charge in [-0.1, -0.05) is 0 Å². The zero-order chi connectivity index (χ0) is 23.0. The summed E-state index contributed by atoms with van der Waals surface area (Å²) in [5.41, 5.74) is 0.419. The first kappa shape index (κ1) is 20.9. The third-order valence-corrected chi connectivity index (χ3v) is 4.83. The molecule has 4 rings (SSSR count). The largest absolute Gasteiger partial charge is 0.493 e. The Hall–Kier alpha value is -4.36. The van der Waals surface area contributed by atoms with Crippen LogP contribution in [0.3, 0.4) is 0 Å². The highest BCUT2D eigenvalue weighted by molar-refractivity contribution is 6.25. The number of benzene rings is 1. The van der Waals surface area contributed by atoms with Gasteiger partial charge in [0, 0.05) is 24.9 Å². The van der Waals surface area contributed by atoms with Gasteiger partial charge in [-0.25, -0.2) is 23.5 Å². The maximum Gasteiger partial charge on any atom is 0.336 e. The minimum absolute atomic E-state index is 0.232. The fourth-order valence-electron chi connectivity index (χ4n) is 3.45. The summed E-state index contributed by atoms with van der Waals surface area (Å²) in [6.45, 7) is -0.232. The number of carbonyl (C=O) groups excluding carboxylic acids is 1. The van der Waals surface area contributed by atoms with E-state index in [1.54, 1.807) is 0 Å². The van der Waals surface area contributed by atoms with Crippen molar-refractivity contribution in [3.63, 3.8) is 0 Å². The van der Waals surface area contributed by atoms with E-state index in [2.05, 4.69) is 30.5 Å². The van der Waals surface area contributed by atoms with Gasteiger partial charge in [0.1, 0.15) is 5.69 Å². The van der Waals surface area contributed by atoms with Crippen LogP contribution in [0.25, 0.3) is 11.0 Å². The molecule has 14 heteroatoms. The predicted molar refractivity (Wildman–Crippen MR) is 110 cm³/mol. The molecule has 3 N–H and O–H groups in total. The van der Waals surface area contributed by atoms with Crippen LogP contribution in [0, 0.1) is 11.6 Å². The Kier molecular flexibility index (Phi) is 5.26. The Morgan fingerprint density at radius 3 is 2.47 bits per heavy atom. The average molecular weight is 445 g/mol. The number of hydrazone groups is 1. The second-order valence-electron chi connectivity index (χ2n) is 6.46. The van der Waals surface area contributed by atoms with Crippen molar-refractivity contribution in [3.8, 4) is 11.5 Å². The molecule has 2 amide bonds. The molecule has 0 saturated carbocycles. The summed E-state index contributed by atoms with van der Waals surface area (Å²) in [6.07, 6.45) is 2.89. The molecule has 0 aliphatic carbocycles. The first-order chi connectivity index (χ1) is 15.5. The summed E-state index contributed by atoms with van der Waals surface area (Å²) in [5.74, 6) is 2.33. The SMILES string of the molecule is CN=NC(=NN)N1C(=O)N(c2c(F)c(OC)cc(OC)c2F)Cc2cnc3[nH]ncc3c21. The second-order valence-corrected chi connectivity index (χ2v) is 6.46. The van der Waals surface area contributed by atoms with Crippen LogP contribution >= 0.6 is 0 Å². The number of hydrogen-bond donors (Lipinski definition) is 2. The van der Waals surface area contributed by atoms with E-state index in [0.29, 0.717) is 22.3 Å². The van der Waals surface area contributed by atoms with Crippen molar-refractivity contribution in [2.45, 2.75) is 6.54 Å². The molecule has 0 saturated heterocycles. The van der Waals surface area contributed by atoms with E-state index in [0.717, 1.165) is 15.9 Å². The molecule has 1 aliphatic heterocycles. The first-order valence-electron chi connectivity index (χ1n) is 9.07. The molecule has 3 aromatic rings. The van der Waals surface area contributed by atoms with Gasteiger partial charge in [-0.05, 0) is 0 Å². The molecule has 0 spiro atoms. The average Bonchev–Trinajstić information content (AvgIpc) is 3.28. The number of urea groups is 1. The van der Waals surface area contributed by atoms with Gasteiger partial charge in [-0.15, -0.1) is 10.2 Å². The molecule has 2 aromatic heterocycles. The normalized spacial score (nSPS) is 14.4. The van der Waals surface area contributed by atoms with Gasteiger partial charge in [0.05, 0.1) is 38.0 Å². The van der Waals surface area contributed by atoms with Crippen LogP contribution in [0.15, 0.2) is 33.8 Å². The number of nitrogens with two attached hydrogens (primary N) is 1. The maximum absolute atomic E-state index is 15.2. The highest BCUT2D eigenvalue weighted by Gasteiger charge is 2.40. The summed E-state index contributed by atoms with van der Waals surface area (Å²) >= 11 is 0. The molecule has 1 aromatic carbocycles. The highest BCUT2D eigenvalue weighted by Crippen LogP contribution is 2.42. The van der Waals surface area contributed by atoms with Crippen molar-refractivity contribution >= 4 is 34.4 Å². The van der Waals surface area contributed by atoms with Gasteiger partial charge in [0.15, 0.2) is 28.8 Å². The van der Waals surface area contributed by atoms with Crippen molar-refractivity contribution in [1.29, 1.82) is 0 Å². The molecule has 0 radical (unpaired) electrons. The van der Waals surface area contributed by atoms with Crippen LogP contribution in [0.4, 0.5) is 25.0 Å². The summed E-state index contributed by atoms with van der Waals surface area (Å²) in [6, 6.07) is 0.152. The predicted octanol–water partition coefficient (Wildman–Crippen LogP) is 2.51. The fourth-order valence-corrected chi connectivity index (χ4v) is 3.45. The lowest BCUT2D eigenvalue weighted by Crippen LogP contribution is -2.50. The lowest BCUT2D eigenvalue weighted by Gasteiger charge is -2.36. The number of H-pyrrole nitrogens is 1. The van der Waals surface area contributed by atoms with Crippen LogP contribution in [0.5, 0.6) is 11.5 Å². The number of ether oxygens (including phenoxy) is 2. The number of hydrogen-bond acceptors (Lipinski definition) is 8. The van der Waals surface area contributed by atoms with E-state index in [4.69, 9.17) is 15.3 Å². The Balaban J connectivity index is 2.00. The number of guanidine groups is 1. The smallest absolute Gasteiger partial charge is 0.336 e. The van der Waals surface area contributed by atoms with E-state index < -0.39 is 23.4 Å². The Morgan fingerprint density at radius 2 is 1.88 bits per heavy atom. The number of halogens is 2. The summed E-state index contributed by atoms with van der Waals surface area (Å²) in [7, 11) is 3.77. The van der Waals surface area contributed by atoms with E-state index in [1.165, 1.54) is 33.7 Å². The van der Waals surface area contributed by atoms with Crippen LogP contribution in [-0.2, 0) is 6.54 Å². The molecule has 0 unspecified atom stereocenters. The van der Waals surface area contributed by atoms with Gasteiger partial charge in [-0.2, -0.15) is 10.2 Å². The van der Waals surface area contributed by atoms with E-state index >= 15 is 8.78 Å². The van der Waals surface area contributed by atoms with Crippen LogP contribution in [0.2, 0.25) is 0 Å². The van der Waals surface area contributed by atoms with Gasteiger partial charge >= 0.3 is 6.03 Å². The molecule has 12 nitrogen and oxygen atoms in total. The number of azo groups is 1. The van der Waals surface area contributed by atoms with Gasteiger partial charge < -0.3 is 15.3 Å². The molecular formula is C18H17F2N9O3. The maximum atomic E-state index is 15.2. The highest BCUT2D eigenvalue weighted by atomic mass is 19.1. The molecule has 1 aliphatic rings. The number of anilines is 2. The van der Waals surface area contributed by atoms with E-state index in [-0.39, 0.29) is 24.0 Å². The number of pyridine rings is 1. The van der Waals surface area contributed by atoms with Crippen molar-refractivity contribution in [2.75, 3.05) is 31.1 Å². The molecule has 166 valence electrons. The minimum Gasteiger partial charge on any atom is -0.493 e. The van der Waals surface area contributed by atoms with Crippen LogP contribution in [0.1, 0.15) is 5.56 Å². The van der Waals surface area contributed by atoms with Gasteiger partial charge in [-0.3, -0.25) is 10.00 Å². The number of rotatable bonds is 3. The lowest BCUT2D eigenvalue weighted by molar-refractivity contribution is 0.252. The molecular weight excluding hydrogens is 428 g/mol. The minimum atomic E-state index is -1.09. The Bertz CT molecular complexity index is 1250. The Morgan fingerprint density at radius 1 is 1.19 bits per heavy atom. The standard InChI is InChI=1S/C18H17F2N9O3/c1-22-27-17(25-21)29-14-8(5-23-16-9(14)6-24-26-16)7-28(18(29)30)15-12(19)10(31-2)4-11(32-3)13(15)20/h4-6H,7,21H2,1-3H3,(H,23,24,26). The zero-order valence-electron chi connectivity index (χ0n) is 17.1. The first-order valence-corrected chi connectivity index (χ1v) is 9.07. The monoisotopic (exact) mass is 445 g/mol. The quantitative estimate of drug-likeness (QED) is 0.208. The zero-order valence-corrected chi connectivity index (χ0v) is 17.1. The van der Waals surface area contributed by atoms with Crippen molar-refractivity contribution in [3.05, 3.63) is 35.7 Å². The fraction of sp³-hybridized carbons (Fsp3) is 0.222. The number of carbonyl (C=O) groups is 1. The number of aromatic amines is 1. The third kappa shape index (κ3) is 3.03. The van der Waals surface area contributed by atoms with E-state index in [9.17, 15) is 4.79 Å². The number of methoxy groups -OCH3 is 2. The number of nitrogens with one attached hydrogen (secondary N) is 1. The number of fused-ring (bicyclic) bond motifs is 3. The lowest BCUT2D eigenvalue weighted by atomic mass is 10.1. The topological polar surface area (TPSA) is 147 Å². The Labute approximate surface area is 179 Å². The van der Waals surface area contributed by atoms with Gasteiger partial charge in [0.25, 0.3) is 5.96 Å². The second kappa shape index (κ2) is 8.05. The summed E-state index contributed by atoms with van der Waals surface area (Å²) in [4.78, 5) is 19.7. The summed E-state index contributed by atoms with van der Waals surface area (Å²) in [5, 5.41) is 18.0. The molecule has 0 fully saturated rings. The van der Waals surface area contributed by atoms with Crippen molar-refractivity contribution < 1.29 is 23.0 Å². The third-order valence-electron chi connectivity index (χ3n) is 4.83. The number of aromatic nitrogens is 3. The van der Waals surface area contributed by atoms with Crippen LogP contribution in [-0.4, -0.2) is 48.4 Å².